The normalized spacial score (nSPS) is 10.8. The summed E-state index contributed by atoms with van der Waals surface area (Å²) in [6, 6.07) is 10.8. The number of carbonyl (C=O) groups is 1. The number of para-hydroxylation sites is 1. The second-order valence-electron chi connectivity index (χ2n) is 3.96. The van der Waals surface area contributed by atoms with E-state index in [-0.39, 0.29) is 0 Å². The van der Waals surface area contributed by atoms with Crippen LogP contribution in [0, 0.1) is 23.2 Å². The molecule has 5 nitrogen and oxygen atoms in total. The van der Waals surface area contributed by atoms with Gasteiger partial charge in [-0.1, -0.05) is 24.1 Å². The summed E-state index contributed by atoms with van der Waals surface area (Å²) in [5.41, 5.74) is 1.50. The lowest BCUT2D eigenvalue weighted by molar-refractivity contribution is -0.116. The quantitative estimate of drug-likeness (QED) is 0.855. The molecule has 1 atom stereocenters. The van der Waals surface area contributed by atoms with Crippen molar-refractivity contribution in [2.24, 2.45) is 0 Å². The number of nitrogens with zero attached hydrogens (tertiary/aromatic N) is 3. The first kappa shape index (κ1) is 13.4. The zero-order valence-corrected chi connectivity index (χ0v) is 10.9. The van der Waals surface area contributed by atoms with Gasteiger partial charge in [-0.2, -0.15) is 10.4 Å². The molecule has 1 amide bonds. The van der Waals surface area contributed by atoms with Crippen molar-refractivity contribution in [2.75, 3.05) is 0 Å². The van der Waals surface area contributed by atoms with Crippen molar-refractivity contribution in [3.05, 3.63) is 48.3 Å². The summed E-state index contributed by atoms with van der Waals surface area (Å²) in [6.45, 7) is 1.56. The monoisotopic (exact) mass is 264 g/mol. The Morgan fingerprint density at radius 3 is 2.80 bits per heavy atom. The zero-order valence-electron chi connectivity index (χ0n) is 10.9. The van der Waals surface area contributed by atoms with Crippen molar-refractivity contribution in [1.29, 1.82) is 5.26 Å². The van der Waals surface area contributed by atoms with Gasteiger partial charge in [-0.15, -0.1) is 0 Å². The van der Waals surface area contributed by atoms with Crippen LogP contribution < -0.4 is 5.32 Å². The first-order valence-corrected chi connectivity index (χ1v) is 5.97. The summed E-state index contributed by atoms with van der Waals surface area (Å²) in [7, 11) is 0. The van der Waals surface area contributed by atoms with Gasteiger partial charge in [-0.05, 0) is 25.0 Å². The Labute approximate surface area is 116 Å². The first-order chi connectivity index (χ1) is 9.74. The fourth-order valence-electron chi connectivity index (χ4n) is 1.68. The van der Waals surface area contributed by atoms with Gasteiger partial charge in [0.15, 0.2) is 0 Å². The van der Waals surface area contributed by atoms with Crippen LogP contribution in [-0.4, -0.2) is 15.7 Å². The highest BCUT2D eigenvalue weighted by Crippen LogP contribution is 2.14. The van der Waals surface area contributed by atoms with Crippen molar-refractivity contribution in [1.82, 2.24) is 15.1 Å². The molecule has 0 saturated carbocycles. The lowest BCUT2D eigenvalue weighted by Crippen LogP contribution is -2.25. The standard InChI is InChI=1S/C15H12N4O/c1-2-6-15(20)18-14(9-16)12-10-17-19(11-12)13-7-4-3-5-8-13/h3-5,7-8,10-11,14H,1H3,(H,18,20). The zero-order chi connectivity index (χ0) is 14.4. The molecule has 1 aromatic carbocycles. The van der Waals surface area contributed by atoms with Crippen LogP contribution in [0.15, 0.2) is 42.7 Å². The summed E-state index contributed by atoms with van der Waals surface area (Å²) < 4.78 is 1.65. The van der Waals surface area contributed by atoms with Crippen LogP contribution in [0.4, 0.5) is 0 Å². The predicted octanol–water partition coefficient (Wildman–Crippen LogP) is 1.58. The molecule has 0 aliphatic carbocycles. The molecule has 0 spiro atoms. The van der Waals surface area contributed by atoms with Crippen LogP contribution in [-0.2, 0) is 4.79 Å². The van der Waals surface area contributed by atoms with Gasteiger partial charge in [0.1, 0.15) is 6.04 Å². The molecule has 1 heterocycles. The van der Waals surface area contributed by atoms with Crippen molar-refractivity contribution in [2.45, 2.75) is 13.0 Å². The molecule has 0 aliphatic heterocycles. The topological polar surface area (TPSA) is 70.7 Å². The Balaban J connectivity index is 2.20. The Morgan fingerprint density at radius 1 is 1.40 bits per heavy atom. The highest BCUT2D eigenvalue weighted by Gasteiger charge is 2.15. The molecule has 1 N–H and O–H groups in total. The van der Waals surface area contributed by atoms with E-state index in [1.807, 2.05) is 36.4 Å². The first-order valence-electron chi connectivity index (χ1n) is 5.97. The van der Waals surface area contributed by atoms with Gasteiger partial charge in [0.25, 0.3) is 5.91 Å². The number of amides is 1. The number of benzene rings is 1. The lowest BCUT2D eigenvalue weighted by atomic mass is 10.2. The second-order valence-corrected chi connectivity index (χ2v) is 3.96. The molecule has 0 bridgehead atoms. The predicted molar refractivity (Wildman–Crippen MR) is 73.5 cm³/mol. The smallest absolute Gasteiger partial charge is 0.297 e. The van der Waals surface area contributed by atoms with Gasteiger partial charge in [0.2, 0.25) is 0 Å². The number of hydrogen-bond donors (Lipinski definition) is 1. The van der Waals surface area contributed by atoms with Crippen LogP contribution in [0.5, 0.6) is 0 Å². The summed E-state index contributed by atoms with van der Waals surface area (Å²) in [5.74, 6) is 4.35. The van der Waals surface area contributed by atoms with Crippen molar-refractivity contribution < 1.29 is 4.79 Å². The molecule has 1 aromatic heterocycles. The molecular weight excluding hydrogens is 252 g/mol. The second kappa shape index (κ2) is 6.21. The van der Waals surface area contributed by atoms with Gasteiger partial charge >= 0.3 is 0 Å². The number of nitriles is 1. The molecule has 2 rings (SSSR count). The van der Waals surface area contributed by atoms with Gasteiger partial charge in [-0.3, -0.25) is 4.79 Å². The molecular formula is C15H12N4O. The molecule has 0 fully saturated rings. The van der Waals surface area contributed by atoms with E-state index in [1.54, 1.807) is 24.0 Å². The van der Waals surface area contributed by atoms with E-state index in [4.69, 9.17) is 5.26 Å². The summed E-state index contributed by atoms with van der Waals surface area (Å²) in [6.07, 6.45) is 3.27. The van der Waals surface area contributed by atoms with Crippen LogP contribution in [0.2, 0.25) is 0 Å². The fourth-order valence-corrected chi connectivity index (χ4v) is 1.68. The number of nitrogens with one attached hydrogen (secondary N) is 1. The minimum absolute atomic E-state index is 0.480. The molecule has 5 heteroatoms. The van der Waals surface area contributed by atoms with Gasteiger partial charge in [-0.25, -0.2) is 4.68 Å². The van der Waals surface area contributed by atoms with Crippen LogP contribution in [0.1, 0.15) is 18.5 Å². The highest BCUT2D eigenvalue weighted by atomic mass is 16.1. The maximum Gasteiger partial charge on any atom is 0.297 e. The van der Waals surface area contributed by atoms with Crippen LogP contribution >= 0.6 is 0 Å². The van der Waals surface area contributed by atoms with Crippen LogP contribution in [0.3, 0.4) is 0 Å². The Morgan fingerprint density at radius 2 is 2.15 bits per heavy atom. The van der Waals surface area contributed by atoms with E-state index in [0.717, 1.165) is 5.69 Å². The van der Waals surface area contributed by atoms with Crippen LogP contribution in [0.25, 0.3) is 5.69 Å². The van der Waals surface area contributed by atoms with Crippen molar-refractivity contribution in [3.8, 4) is 23.6 Å². The van der Waals surface area contributed by atoms with E-state index in [0.29, 0.717) is 5.56 Å². The molecule has 20 heavy (non-hydrogen) atoms. The third-order valence-electron chi connectivity index (χ3n) is 2.60. The average Bonchev–Trinajstić information content (AvgIpc) is 2.95. The summed E-state index contributed by atoms with van der Waals surface area (Å²) in [5, 5.41) is 15.8. The third kappa shape index (κ3) is 3.04. The van der Waals surface area contributed by atoms with Gasteiger partial charge in [0, 0.05) is 11.8 Å². The largest absolute Gasteiger partial charge is 0.325 e. The number of aromatic nitrogens is 2. The molecule has 0 saturated heterocycles. The van der Waals surface area contributed by atoms with E-state index >= 15 is 0 Å². The Bertz CT molecular complexity index is 701. The minimum atomic E-state index is -0.763. The van der Waals surface area contributed by atoms with E-state index in [9.17, 15) is 4.79 Å². The van der Waals surface area contributed by atoms with Gasteiger partial charge in [0.05, 0.1) is 18.0 Å². The van der Waals surface area contributed by atoms with E-state index in [1.165, 1.54) is 0 Å². The maximum atomic E-state index is 11.4. The number of hydrogen-bond acceptors (Lipinski definition) is 3. The highest BCUT2D eigenvalue weighted by molar-refractivity contribution is 5.93. The number of rotatable bonds is 3. The Kier molecular flexibility index (Phi) is 4.16. The Hall–Kier alpha value is -3.05. The van der Waals surface area contributed by atoms with E-state index in [2.05, 4.69) is 22.3 Å². The third-order valence-corrected chi connectivity index (χ3v) is 2.60. The van der Waals surface area contributed by atoms with Gasteiger partial charge < -0.3 is 5.32 Å². The number of carbonyl (C=O) groups excluding carboxylic acids is 1. The molecule has 98 valence electrons. The maximum absolute atomic E-state index is 11.4. The fraction of sp³-hybridized carbons (Fsp3) is 0.133. The van der Waals surface area contributed by atoms with E-state index < -0.39 is 11.9 Å². The van der Waals surface area contributed by atoms with Crippen molar-refractivity contribution >= 4 is 5.91 Å². The molecule has 1 unspecified atom stereocenters. The molecule has 0 radical (unpaired) electrons. The summed E-state index contributed by atoms with van der Waals surface area (Å²) in [4.78, 5) is 11.4. The SMILES string of the molecule is CC#CC(=O)NC(C#N)c1cnn(-c2ccccc2)c1. The molecule has 2 aromatic rings. The summed E-state index contributed by atoms with van der Waals surface area (Å²) >= 11 is 0. The lowest BCUT2D eigenvalue weighted by Gasteiger charge is -2.06. The molecule has 0 aliphatic rings. The average molecular weight is 264 g/mol. The minimum Gasteiger partial charge on any atom is -0.325 e. The van der Waals surface area contributed by atoms with Crippen molar-refractivity contribution in [3.63, 3.8) is 0 Å².